The van der Waals surface area contributed by atoms with E-state index in [4.69, 9.17) is 9.88 Å². The third-order valence-electron chi connectivity index (χ3n) is 1.73. The molecule has 8 heteroatoms. The van der Waals surface area contributed by atoms with Gasteiger partial charge >= 0.3 is 16.4 Å². The standard InChI is InChI=1S/C11H16N2O5S/c1-11(2,3)17-10(14)13-8-6-4-5-7-9(8)18-19(12,15)16/h4-7H,1-3H3,(H,13,14)(H2,12,15,16). The number of carbonyl (C=O) groups excluding carboxylic acids is 1. The highest BCUT2D eigenvalue weighted by atomic mass is 32.2. The van der Waals surface area contributed by atoms with E-state index in [1.165, 1.54) is 12.1 Å². The van der Waals surface area contributed by atoms with Gasteiger partial charge in [-0.3, -0.25) is 5.32 Å². The smallest absolute Gasteiger partial charge is 0.412 e. The summed E-state index contributed by atoms with van der Waals surface area (Å²) >= 11 is 0. The van der Waals surface area contributed by atoms with E-state index in [9.17, 15) is 13.2 Å². The quantitative estimate of drug-likeness (QED) is 0.878. The fourth-order valence-corrected chi connectivity index (χ4v) is 1.58. The summed E-state index contributed by atoms with van der Waals surface area (Å²) in [5.74, 6) is -0.0872. The Morgan fingerprint density at radius 2 is 1.84 bits per heavy atom. The first-order valence-corrected chi connectivity index (χ1v) is 6.85. The minimum absolute atomic E-state index is 0.0872. The Labute approximate surface area is 112 Å². The van der Waals surface area contributed by atoms with E-state index in [2.05, 4.69) is 9.50 Å². The van der Waals surface area contributed by atoms with Crippen LogP contribution in [0.25, 0.3) is 0 Å². The predicted molar refractivity (Wildman–Crippen MR) is 70.0 cm³/mol. The number of para-hydroxylation sites is 2. The highest BCUT2D eigenvalue weighted by Crippen LogP contribution is 2.25. The molecule has 0 fully saturated rings. The maximum Gasteiger partial charge on any atom is 0.412 e. The van der Waals surface area contributed by atoms with Crippen molar-refractivity contribution in [1.82, 2.24) is 0 Å². The SMILES string of the molecule is CC(C)(C)OC(=O)Nc1ccccc1OS(N)(=O)=O. The molecule has 0 saturated carbocycles. The molecule has 0 aliphatic carbocycles. The van der Waals surface area contributed by atoms with Gasteiger partial charge in [0, 0.05) is 0 Å². The van der Waals surface area contributed by atoms with Crippen LogP contribution in [-0.2, 0) is 15.0 Å². The lowest BCUT2D eigenvalue weighted by atomic mass is 10.2. The molecule has 3 N–H and O–H groups in total. The second kappa shape index (κ2) is 5.45. The van der Waals surface area contributed by atoms with Gasteiger partial charge in [0.05, 0.1) is 5.69 Å². The van der Waals surface area contributed by atoms with E-state index >= 15 is 0 Å². The minimum Gasteiger partial charge on any atom is -0.444 e. The van der Waals surface area contributed by atoms with Crippen molar-refractivity contribution in [2.45, 2.75) is 26.4 Å². The van der Waals surface area contributed by atoms with Crippen LogP contribution in [0.3, 0.4) is 0 Å². The fourth-order valence-electron chi connectivity index (χ4n) is 1.18. The Morgan fingerprint density at radius 3 is 2.37 bits per heavy atom. The maximum absolute atomic E-state index is 11.6. The average molecular weight is 288 g/mol. The molecule has 19 heavy (non-hydrogen) atoms. The van der Waals surface area contributed by atoms with Crippen molar-refractivity contribution >= 4 is 22.1 Å². The van der Waals surface area contributed by atoms with Crippen LogP contribution in [0.1, 0.15) is 20.8 Å². The topological polar surface area (TPSA) is 108 Å². The normalized spacial score (nSPS) is 11.8. The molecule has 1 aromatic rings. The van der Waals surface area contributed by atoms with Crippen molar-refractivity contribution < 1.29 is 22.1 Å². The Morgan fingerprint density at radius 1 is 1.26 bits per heavy atom. The van der Waals surface area contributed by atoms with Gasteiger partial charge in [0.1, 0.15) is 5.60 Å². The largest absolute Gasteiger partial charge is 0.444 e. The van der Waals surface area contributed by atoms with Gasteiger partial charge in [-0.25, -0.2) is 4.79 Å². The van der Waals surface area contributed by atoms with Crippen molar-refractivity contribution in [3.63, 3.8) is 0 Å². The number of ether oxygens (including phenoxy) is 1. The molecule has 1 aromatic carbocycles. The average Bonchev–Trinajstić information content (AvgIpc) is 2.15. The summed E-state index contributed by atoms with van der Waals surface area (Å²) < 4.78 is 31.3. The van der Waals surface area contributed by atoms with E-state index in [0.717, 1.165) is 0 Å². The van der Waals surface area contributed by atoms with E-state index in [-0.39, 0.29) is 11.4 Å². The van der Waals surface area contributed by atoms with Crippen molar-refractivity contribution in [2.24, 2.45) is 5.14 Å². The third kappa shape index (κ3) is 6.07. The van der Waals surface area contributed by atoms with Crippen LogP contribution in [0.4, 0.5) is 10.5 Å². The number of nitrogens with one attached hydrogen (secondary N) is 1. The molecule has 0 aromatic heterocycles. The van der Waals surface area contributed by atoms with Gasteiger partial charge in [0.2, 0.25) is 0 Å². The summed E-state index contributed by atoms with van der Waals surface area (Å²) in [6.07, 6.45) is -0.724. The molecule has 0 unspecified atom stereocenters. The molecule has 0 atom stereocenters. The molecule has 0 bridgehead atoms. The molecule has 106 valence electrons. The molecular formula is C11H16N2O5S. The van der Waals surface area contributed by atoms with Crippen LogP contribution >= 0.6 is 0 Å². The molecule has 0 aliphatic heterocycles. The Bertz CT molecular complexity index is 563. The van der Waals surface area contributed by atoms with Crippen LogP contribution in [0.2, 0.25) is 0 Å². The summed E-state index contributed by atoms with van der Waals surface area (Å²) in [4.78, 5) is 11.6. The number of carbonyl (C=O) groups is 1. The Kier molecular flexibility index (Phi) is 4.38. The first-order valence-electron chi connectivity index (χ1n) is 5.38. The third-order valence-corrected chi connectivity index (χ3v) is 2.14. The zero-order valence-corrected chi connectivity index (χ0v) is 11.7. The van der Waals surface area contributed by atoms with Crippen LogP contribution in [0, 0.1) is 0 Å². The Balaban J connectivity index is 2.87. The molecule has 7 nitrogen and oxygen atoms in total. The number of rotatable bonds is 3. The molecule has 1 rings (SSSR count). The summed E-state index contributed by atoms with van der Waals surface area (Å²) in [5.41, 5.74) is -0.523. The molecule has 0 aliphatic rings. The number of amides is 1. The summed E-state index contributed by atoms with van der Waals surface area (Å²) in [7, 11) is -4.16. The predicted octanol–water partition coefficient (Wildman–Crippen LogP) is 1.62. The van der Waals surface area contributed by atoms with Gasteiger partial charge < -0.3 is 8.92 Å². The van der Waals surface area contributed by atoms with E-state index in [0.29, 0.717) is 0 Å². The fraction of sp³-hybridized carbons (Fsp3) is 0.364. The molecule has 0 radical (unpaired) electrons. The highest BCUT2D eigenvalue weighted by molar-refractivity contribution is 7.84. The molecule has 1 amide bonds. The zero-order valence-electron chi connectivity index (χ0n) is 10.8. The zero-order chi connectivity index (χ0) is 14.7. The summed E-state index contributed by atoms with van der Waals surface area (Å²) in [5, 5.41) is 7.16. The highest BCUT2D eigenvalue weighted by Gasteiger charge is 2.18. The van der Waals surface area contributed by atoms with Crippen LogP contribution in [0.15, 0.2) is 24.3 Å². The molecule has 0 spiro atoms. The number of hydrogen-bond acceptors (Lipinski definition) is 5. The second-order valence-corrected chi connectivity index (χ2v) is 5.85. The van der Waals surface area contributed by atoms with Crippen molar-refractivity contribution in [3.8, 4) is 5.75 Å². The lowest BCUT2D eigenvalue weighted by Crippen LogP contribution is -2.27. The number of benzene rings is 1. The van der Waals surface area contributed by atoms with Crippen molar-refractivity contribution in [1.29, 1.82) is 0 Å². The van der Waals surface area contributed by atoms with Crippen molar-refractivity contribution in [2.75, 3.05) is 5.32 Å². The molecule has 0 heterocycles. The lowest BCUT2D eigenvalue weighted by molar-refractivity contribution is 0.0635. The lowest BCUT2D eigenvalue weighted by Gasteiger charge is -2.20. The molecular weight excluding hydrogens is 272 g/mol. The van der Waals surface area contributed by atoms with Gasteiger partial charge in [0.25, 0.3) is 0 Å². The molecule has 0 saturated heterocycles. The van der Waals surface area contributed by atoms with Gasteiger partial charge in [-0.15, -0.1) is 0 Å². The maximum atomic E-state index is 11.6. The van der Waals surface area contributed by atoms with Crippen LogP contribution in [-0.4, -0.2) is 20.1 Å². The van der Waals surface area contributed by atoms with Crippen LogP contribution in [0.5, 0.6) is 5.75 Å². The van der Waals surface area contributed by atoms with E-state index < -0.39 is 22.0 Å². The summed E-state index contributed by atoms with van der Waals surface area (Å²) in [6.45, 7) is 5.12. The minimum atomic E-state index is -4.16. The second-order valence-electron chi connectivity index (χ2n) is 4.70. The van der Waals surface area contributed by atoms with Gasteiger partial charge in [-0.2, -0.15) is 13.6 Å². The van der Waals surface area contributed by atoms with Crippen LogP contribution < -0.4 is 14.6 Å². The Hall–Kier alpha value is -1.80. The first kappa shape index (κ1) is 15.3. The van der Waals surface area contributed by atoms with Gasteiger partial charge in [0.15, 0.2) is 5.75 Å². The number of nitrogens with two attached hydrogens (primary N) is 1. The van der Waals surface area contributed by atoms with E-state index in [1.54, 1.807) is 32.9 Å². The van der Waals surface area contributed by atoms with E-state index in [1.807, 2.05) is 0 Å². The van der Waals surface area contributed by atoms with Gasteiger partial charge in [-0.05, 0) is 32.9 Å². The summed E-state index contributed by atoms with van der Waals surface area (Å²) in [6, 6.07) is 5.96. The number of anilines is 1. The monoisotopic (exact) mass is 288 g/mol. The van der Waals surface area contributed by atoms with Crippen molar-refractivity contribution in [3.05, 3.63) is 24.3 Å². The first-order chi connectivity index (χ1) is 8.57. The van der Waals surface area contributed by atoms with Gasteiger partial charge in [-0.1, -0.05) is 12.1 Å². The number of hydrogen-bond donors (Lipinski definition) is 2.